The number of allylic oxidation sites excluding steroid dienone is 1. The van der Waals surface area contributed by atoms with Crippen molar-refractivity contribution in [1.29, 1.82) is 0 Å². The Morgan fingerprint density at radius 3 is 2.05 bits per heavy atom. The van der Waals surface area contributed by atoms with Crippen LogP contribution in [0.15, 0.2) is 66.7 Å². The molecule has 0 aliphatic heterocycles. The molecule has 0 N–H and O–H groups in total. The van der Waals surface area contributed by atoms with Crippen LogP contribution in [0.25, 0.3) is 0 Å². The standard InChI is InChI=1S/C20H27Si2/c1-16(2)17(3)21(18-12-8-7-9-13-18)19-14-10-11-15-20(19)22(4,5)6/h7-15,17H,1H2,2-6H3. The summed E-state index contributed by atoms with van der Waals surface area (Å²) < 4.78 is 0. The van der Waals surface area contributed by atoms with Crippen molar-refractivity contribution in [2.75, 3.05) is 0 Å². The third kappa shape index (κ3) is 3.68. The van der Waals surface area contributed by atoms with E-state index in [0.717, 1.165) is 0 Å². The predicted octanol–water partition coefficient (Wildman–Crippen LogP) is 3.81. The van der Waals surface area contributed by atoms with Crippen molar-refractivity contribution < 1.29 is 0 Å². The highest BCUT2D eigenvalue weighted by molar-refractivity contribution is 6.97. The largest absolute Gasteiger partial charge is 0.128 e. The van der Waals surface area contributed by atoms with E-state index in [1.54, 1.807) is 10.4 Å². The van der Waals surface area contributed by atoms with E-state index < -0.39 is 16.9 Å². The number of hydrogen-bond donors (Lipinski definition) is 0. The highest BCUT2D eigenvalue weighted by atomic mass is 28.3. The number of hydrogen-bond acceptors (Lipinski definition) is 0. The Kier molecular flexibility index (Phi) is 5.25. The lowest BCUT2D eigenvalue weighted by Crippen LogP contribution is -2.58. The van der Waals surface area contributed by atoms with Crippen LogP contribution in [0.3, 0.4) is 0 Å². The minimum atomic E-state index is -1.36. The summed E-state index contributed by atoms with van der Waals surface area (Å²) in [5.74, 6) is 0. The van der Waals surface area contributed by atoms with Gasteiger partial charge < -0.3 is 0 Å². The Morgan fingerprint density at radius 1 is 0.955 bits per heavy atom. The highest BCUT2D eigenvalue weighted by Gasteiger charge is 2.30. The molecule has 0 heterocycles. The van der Waals surface area contributed by atoms with Gasteiger partial charge in [0.2, 0.25) is 0 Å². The molecule has 2 heteroatoms. The Balaban J connectivity index is 2.63. The van der Waals surface area contributed by atoms with Crippen molar-refractivity contribution in [3.8, 4) is 0 Å². The second-order valence-electron chi connectivity index (χ2n) is 7.14. The average Bonchev–Trinajstić information content (AvgIpc) is 2.48. The molecule has 2 rings (SSSR count). The van der Waals surface area contributed by atoms with Crippen LogP contribution < -0.4 is 15.6 Å². The van der Waals surface area contributed by atoms with Crippen LogP contribution in [0, 0.1) is 0 Å². The molecule has 0 bridgehead atoms. The van der Waals surface area contributed by atoms with Gasteiger partial charge in [-0.15, -0.1) is 6.58 Å². The molecular formula is C20H27Si2. The first-order valence-corrected chi connectivity index (χ1v) is 13.1. The molecule has 0 saturated carbocycles. The van der Waals surface area contributed by atoms with E-state index in [2.05, 4.69) is 94.7 Å². The first kappa shape index (κ1) is 17.0. The molecule has 0 saturated heterocycles. The molecule has 0 aromatic heterocycles. The lowest BCUT2D eigenvalue weighted by molar-refractivity contribution is 1.08. The summed E-state index contributed by atoms with van der Waals surface area (Å²) in [4.78, 5) is 0. The minimum absolute atomic E-state index is 0.532. The number of benzene rings is 2. The van der Waals surface area contributed by atoms with Gasteiger partial charge in [-0.05, 0) is 12.5 Å². The zero-order valence-corrected chi connectivity index (χ0v) is 16.5. The topological polar surface area (TPSA) is 0 Å². The fraction of sp³-hybridized carbons (Fsp3) is 0.300. The Morgan fingerprint density at radius 2 is 1.50 bits per heavy atom. The van der Waals surface area contributed by atoms with Gasteiger partial charge in [-0.1, -0.05) is 102 Å². The Labute approximate surface area is 138 Å². The van der Waals surface area contributed by atoms with Crippen molar-refractivity contribution in [1.82, 2.24) is 0 Å². The van der Waals surface area contributed by atoms with E-state index in [4.69, 9.17) is 0 Å². The molecule has 2 aromatic carbocycles. The molecule has 1 atom stereocenters. The summed E-state index contributed by atoms with van der Waals surface area (Å²) in [6.07, 6.45) is 0. The lowest BCUT2D eigenvalue weighted by Gasteiger charge is -2.29. The molecule has 0 aliphatic rings. The van der Waals surface area contributed by atoms with E-state index in [0.29, 0.717) is 5.54 Å². The van der Waals surface area contributed by atoms with Gasteiger partial charge in [0.15, 0.2) is 0 Å². The zero-order valence-electron chi connectivity index (χ0n) is 14.5. The van der Waals surface area contributed by atoms with E-state index in [9.17, 15) is 0 Å². The Hall–Kier alpha value is -1.39. The summed E-state index contributed by atoms with van der Waals surface area (Å²) in [6.45, 7) is 16.1. The normalized spacial score (nSPS) is 13.2. The van der Waals surface area contributed by atoms with Crippen LogP contribution in [-0.4, -0.2) is 16.9 Å². The van der Waals surface area contributed by atoms with E-state index in [1.807, 2.05) is 0 Å². The second kappa shape index (κ2) is 6.80. The zero-order chi connectivity index (χ0) is 16.3. The van der Waals surface area contributed by atoms with Crippen molar-refractivity contribution in [3.05, 3.63) is 66.7 Å². The molecule has 0 amide bonds. The average molecular weight is 324 g/mol. The van der Waals surface area contributed by atoms with Gasteiger partial charge in [0.05, 0.1) is 8.07 Å². The lowest BCUT2D eigenvalue weighted by atomic mass is 10.3. The molecule has 115 valence electrons. The second-order valence-corrected chi connectivity index (χ2v) is 15.0. The molecule has 22 heavy (non-hydrogen) atoms. The third-order valence-corrected chi connectivity index (χ3v) is 9.91. The van der Waals surface area contributed by atoms with Crippen LogP contribution in [0.5, 0.6) is 0 Å². The van der Waals surface area contributed by atoms with Crippen LogP contribution in [0.4, 0.5) is 0 Å². The van der Waals surface area contributed by atoms with Crippen LogP contribution in [-0.2, 0) is 0 Å². The summed E-state index contributed by atoms with van der Waals surface area (Å²) >= 11 is 0. The van der Waals surface area contributed by atoms with Gasteiger partial charge in [-0.25, -0.2) is 0 Å². The molecule has 0 fully saturated rings. The first-order valence-electron chi connectivity index (χ1n) is 8.00. The minimum Gasteiger partial charge on any atom is -0.100 e. The highest BCUT2D eigenvalue weighted by Crippen LogP contribution is 2.19. The van der Waals surface area contributed by atoms with Crippen LogP contribution in [0.2, 0.25) is 25.2 Å². The molecule has 1 unspecified atom stereocenters. The smallest absolute Gasteiger partial charge is 0.100 e. The van der Waals surface area contributed by atoms with Gasteiger partial charge in [0, 0.05) is 0 Å². The molecule has 2 aromatic rings. The van der Waals surface area contributed by atoms with Gasteiger partial charge in [-0.2, -0.15) is 0 Å². The summed E-state index contributed by atoms with van der Waals surface area (Å²) in [5.41, 5.74) is 1.83. The molecule has 0 spiro atoms. The van der Waals surface area contributed by atoms with E-state index >= 15 is 0 Å². The maximum Gasteiger partial charge on any atom is 0.128 e. The molecule has 0 aliphatic carbocycles. The van der Waals surface area contributed by atoms with Crippen molar-refractivity contribution in [2.24, 2.45) is 0 Å². The van der Waals surface area contributed by atoms with Crippen molar-refractivity contribution in [3.63, 3.8) is 0 Å². The SMILES string of the molecule is C=C(C)C(C)[Si](c1ccccc1)c1ccccc1[Si](C)(C)C. The van der Waals surface area contributed by atoms with Crippen molar-refractivity contribution >= 4 is 32.4 Å². The van der Waals surface area contributed by atoms with E-state index in [-0.39, 0.29) is 0 Å². The fourth-order valence-electron chi connectivity index (χ4n) is 2.87. The molecule has 1 radical (unpaired) electrons. The quantitative estimate of drug-likeness (QED) is 0.580. The van der Waals surface area contributed by atoms with Gasteiger partial charge >= 0.3 is 0 Å². The first-order chi connectivity index (χ1) is 10.3. The van der Waals surface area contributed by atoms with Crippen LogP contribution in [0.1, 0.15) is 13.8 Å². The number of rotatable bonds is 5. The van der Waals surface area contributed by atoms with Gasteiger partial charge in [-0.3, -0.25) is 0 Å². The monoisotopic (exact) mass is 323 g/mol. The van der Waals surface area contributed by atoms with Crippen molar-refractivity contribution in [2.45, 2.75) is 39.0 Å². The van der Waals surface area contributed by atoms with Gasteiger partial charge in [0.1, 0.15) is 8.80 Å². The summed E-state index contributed by atoms with van der Waals surface area (Å²) in [6, 6.07) is 20.2. The fourth-order valence-corrected chi connectivity index (χ4v) is 8.86. The Bertz CT molecular complexity index is 638. The molecular weight excluding hydrogens is 296 g/mol. The summed E-state index contributed by atoms with van der Waals surface area (Å²) in [7, 11) is -2.21. The van der Waals surface area contributed by atoms with E-state index in [1.165, 1.54) is 10.8 Å². The summed E-state index contributed by atoms with van der Waals surface area (Å²) in [5, 5.41) is 4.70. The maximum absolute atomic E-state index is 4.26. The maximum atomic E-state index is 4.26. The predicted molar refractivity (Wildman–Crippen MR) is 105 cm³/mol. The molecule has 0 nitrogen and oxygen atoms in total. The third-order valence-electron chi connectivity index (χ3n) is 4.28. The van der Waals surface area contributed by atoms with Gasteiger partial charge in [0.25, 0.3) is 0 Å². The van der Waals surface area contributed by atoms with Crippen LogP contribution >= 0.6 is 0 Å².